The van der Waals surface area contributed by atoms with Crippen molar-refractivity contribution < 1.29 is 15.3 Å². The minimum absolute atomic E-state index is 0.113. The summed E-state index contributed by atoms with van der Waals surface area (Å²) in [5.74, 6) is 0. The Balaban J connectivity index is 5.05. The average molecular weight is 212 g/mol. The third-order valence-electron chi connectivity index (χ3n) is 2.57. The molecule has 0 aromatic carbocycles. The highest BCUT2D eigenvalue weighted by atomic mass is 16.4. The molecule has 3 nitrogen and oxygen atoms in total. The van der Waals surface area contributed by atoms with Crippen molar-refractivity contribution in [2.24, 2.45) is 0 Å². The van der Waals surface area contributed by atoms with Gasteiger partial charge in [-0.25, -0.2) is 0 Å². The summed E-state index contributed by atoms with van der Waals surface area (Å²) in [7, 11) is 0. The van der Waals surface area contributed by atoms with Gasteiger partial charge in [0.05, 0.1) is 6.61 Å². The Kier molecular flexibility index (Phi) is 5.50. The Morgan fingerprint density at radius 3 is 1.40 bits per heavy atom. The third kappa shape index (κ3) is 3.02. The number of aliphatic hydroxyl groups is 3. The molecule has 0 heterocycles. The lowest BCUT2D eigenvalue weighted by molar-refractivity contribution is -0.167. The van der Waals surface area contributed by atoms with Gasteiger partial charge in [0, 0.05) is 0 Å². The van der Waals surface area contributed by atoms with Gasteiger partial charge in [0.15, 0.2) is 0 Å². The maximum atomic E-state index is 10.3. The number of hydrogen-bond acceptors (Lipinski definition) is 3. The number of hydrogen-bond donors (Lipinski definition) is 3. The molecule has 0 aromatic rings. The summed E-state index contributed by atoms with van der Waals surface area (Å²) >= 11 is 0. The van der Waals surface area contributed by atoms with Crippen molar-refractivity contribution in [3.05, 3.63) is 38.0 Å². The topological polar surface area (TPSA) is 60.7 Å². The van der Waals surface area contributed by atoms with E-state index < -0.39 is 17.8 Å². The first-order valence-electron chi connectivity index (χ1n) is 4.88. The van der Waals surface area contributed by atoms with Crippen LogP contribution in [0.3, 0.4) is 0 Å². The maximum Gasteiger partial charge on any atom is 0.120 e. The van der Waals surface area contributed by atoms with Gasteiger partial charge in [-0.1, -0.05) is 18.2 Å². The van der Waals surface area contributed by atoms with Crippen LogP contribution in [0.1, 0.15) is 19.3 Å². The maximum absolute atomic E-state index is 10.3. The van der Waals surface area contributed by atoms with Crippen LogP contribution in [-0.2, 0) is 0 Å². The van der Waals surface area contributed by atoms with Gasteiger partial charge >= 0.3 is 0 Å². The smallest absolute Gasteiger partial charge is 0.120 e. The molecule has 0 aliphatic carbocycles. The van der Waals surface area contributed by atoms with Gasteiger partial charge in [0.1, 0.15) is 11.2 Å². The van der Waals surface area contributed by atoms with Crippen LogP contribution < -0.4 is 0 Å². The molecule has 0 fully saturated rings. The highest BCUT2D eigenvalue weighted by Crippen LogP contribution is 2.33. The first-order chi connectivity index (χ1) is 6.99. The first-order valence-corrected chi connectivity index (χ1v) is 4.88. The van der Waals surface area contributed by atoms with Crippen molar-refractivity contribution in [2.45, 2.75) is 30.5 Å². The van der Waals surface area contributed by atoms with E-state index in [-0.39, 0.29) is 19.3 Å². The number of aliphatic hydroxyl groups excluding tert-OH is 1. The van der Waals surface area contributed by atoms with Crippen LogP contribution in [0.15, 0.2) is 38.0 Å². The fourth-order valence-corrected chi connectivity index (χ4v) is 1.58. The van der Waals surface area contributed by atoms with Gasteiger partial charge in [0.25, 0.3) is 0 Å². The minimum atomic E-state index is -1.60. The van der Waals surface area contributed by atoms with Crippen molar-refractivity contribution >= 4 is 0 Å². The second-order valence-corrected chi connectivity index (χ2v) is 3.70. The molecule has 1 atom stereocenters. The lowest BCUT2D eigenvalue weighted by Crippen LogP contribution is -2.56. The predicted molar refractivity (Wildman–Crippen MR) is 61.4 cm³/mol. The van der Waals surface area contributed by atoms with E-state index in [2.05, 4.69) is 19.7 Å². The van der Waals surface area contributed by atoms with E-state index in [1.54, 1.807) is 0 Å². The highest BCUT2D eigenvalue weighted by molar-refractivity contribution is 5.07. The predicted octanol–water partition coefficient (Wildman–Crippen LogP) is 1.17. The van der Waals surface area contributed by atoms with Gasteiger partial charge in [-0.2, -0.15) is 0 Å². The van der Waals surface area contributed by atoms with E-state index >= 15 is 0 Å². The van der Waals surface area contributed by atoms with Crippen molar-refractivity contribution in [3.63, 3.8) is 0 Å². The molecule has 0 spiro atoms. The highest BCUT2D eigenvalue weighted by Gasteiger charge is 2.46. The Labute approximate surface area is 91.1 Å². The standard InChI is InChI=1S/C12H20O3/c1-4-7-11(14,8-5-2)12(15,10-13)9-6-3/h4-6,13-15H,1-3,7-10H2. The minimum Gasteiger partial charge on any atom is -0.393 e. The molecule has 1 unspecified atom stereocenters. The van der Waals surface area contributed by atoms with E-state index in [1.807, 2.05) is 0 Å². The van der Waals surface area contributed by atoms with Crippen molar-refractivity contribution in [3.8, 4) is 0 Å². The molecule has 86 valence electrons. The molecule has 0 saturated carbocycles. The third-order valence-corrected chi connectivity index (χ3v) is 2.57. The molecule has 15 heavy (non-hydrogen) atoms. The second kappa shape index (κ2) is 5.85. The average Bonchev–Trinajstić information content (AvgIpc) is 2.18. The van der Waals surface area contributed by atoms with Crippen LogP contribution in [0.25, 0.3) is 0 Å². The summed E-state index contributed by atoms with van der Waals surface area (Å²) in [6.45, 7) is 10.0. The Bertz CT molecular complexity index is 225. The van der Waals surface area contributed by atoms with Crippen LogP contribution >= 0.6 is 0 Å². The summed E-state index contributed by atoms with van der Waals surface area (Å²) in [5, 5.41) is 29.6. The normalized spacial score (nSPS) is 15.4. The summed E-state index contributed by atoms with van der Waals surface area (Å²) in [6.07, 6.45) is 4.96. The SMILES string of the molecule is C=CCC(O)(CO)C(O)(CC=C)CC=C. The van der Waals surface area contributed by atoms with E-state index in [9.17, 15) is 15.3 Å². The van der Waals surface area contributed by atoms with E-state index in [0.717, 1.165) is 0 Å². The van der Waals surface area contributed by atoms with Crippen LogP contribution in [0, 0.1) is 0 Å². The molecular weight excluding hydrogens is 192 g/mol. The zero-order valence-corrected chi connectivity index (χ0v) is 9.02. The zero-order chi connectivity index (χ0) is 11.9. The quantitative estimate of drug-likeness (QED) is 0.529. The Morgan fingerprint density at radius 2 is 1.13 bits per heavy atom. The van der Waals surface area contributed by atoms with Gasteiger partial charge < -0.3 is 15.3 Å². The molecule has 0 saturated heterocycles. The van der Waals surface area contributed by atoms with Gasteiger partial charge in [0.2, 0.25) is 0 Å². The summed E-state index contributed by atoms with van der Waals surface area (Å²) in [5.41, 5.74) is -3.05. The monoisotopic (exact) mass is 212 g/mol. The summed E-state index contributed by atoms with van der Waals surface area (Å²) in [6, 6.07) is 0. The zero-order valence-electron chi connectivity index (χ0n) is 9.02. The van der Waals surface area contributed by atoms with Gasteiger partial charge in [-0.3, -0.25) is 0 Å². The summed E-state index contributed by atoms with van der Waals surface area (Å²) in [4.78, 5) is 0. The Hall–Kier alpha value is -0.900. The largest absolute Gasteiger partial charge is 0.393 e. The first kappa shape index (κ1) is 14.1. The lowest BCUT2D eigenvalue weighted by Gasteiger charge is -2.41. The van der Waals surface area contributed by atoms with Gasteiger partial charge in [-0.15, -0.1) is 19.7 Å². The molecule has 0 aliphatic heterocycles. The van der Waals surface area contributed by atoms with E-state index in [1.165, 1.54) is 18.2 Å². The lowest BCUT2D eigenvalue weighted by atomic mass is 9.76. The molecule has 0 radical (unpaired) electrons. The number of rotatable bonds is 8. The van der Waals surface area contributed by atoms with Crippen LogP contribution in [0.4, 0.5) is 0 Å². The van der Waals surface area contributed by atoms with Crippen LogP contribution in [0.2, 0.25) is 0 Å². The van der Waals surface area contributed by atoms with Crippen molar-refractivity contribution in [1.82, 2.24) is 0 Å². The van der Waals surface area contributed by atoms with Crippen molar-refractivity contribution in [2.75, 3.05) is 6.61 Å². The molecule has 0 aromatic heterocycles. The molecule has 0 amide bonds. The fraction of sp³-hybridized carbons (Fsp3) is 0.500. The summed E-state index contributed by atoms with van der Waals surface area (Å²) < 4.78 is 0. The van der Waals surface area contributed by atoms with Crippen LogP contribution in [0.5, 0.6) is 0 Å². The molecule has 3 heteroatoms. The Morgan fingerprint density at radius 1 is 0.800 bits per heavy atom. The van der Waals surface area contributed by atoms with Gasteiger partial charge in [-0.05, 0) is 19.3 Å². The second-order valence-electron chi connectivity index (χ2n) is 3.70. The van der Waals surface area contributed by atoms with Crippen molar-refractivity contribution in [1.29, 1.82) is 0 Å². The molecule has 3 N–H and O–H groups in total. The fourth-order valence-electron chi connectivity index (χ4n) is 1.58. The molecule has 0 bridgehead atoms. The van der Waals surface area contributed by atoms with E-state index in [4.69, 9.17) is 0 Å². The molecular formula is C12H20O3. The van der Waals surface area contributed by atoms with E-state index in [0.29, 0.717) is 0 Å². The van der Waals surface area contributed by atoms with Crippen LogP contribution in [-0.4, -0.2) is 33.1 Å². The molecule has 0 aliphatic rings. The molecule has 0 rings (SSSR count).